The van der Waals surface area contributed by atoms with E-state index >= 15 is 0 Å². The first kappa shape index (κ1) is 23.9. The molecule has 35 heavy (non-hydrogen) atoms. The van der Waals surface area contributed by atoms with Crippen LogP contribution < -0.4 is 14.8 Å². The third-order valence-electron chi connectivity index (χ3n) is 5.80. The molecule has 1 atom stereocenters. The topological polar surface area (TPSA) is 107 Å². The SMILES string of the molecule is COc1ccc(CNC(=O)COC(=O)C2Cc3ccccc3CN2C(=O)c2ccco2)cc1OC. The molecule has 1 unspecified atom stereocenters. The van der Waals surface area contributed by atoms with Gasteiger partial charge in [0.15, 0.2) is 23.9 Å². The minimum absolute atomic E-state index is 0.134. The summed E-state index contributed by atoms with van der Waals surface area (Å²) in [6, 6.07) is 15.2. The summed E-state index contributed by atoms with van der Waals surface area (Å²) in [5, 5.41) is 2.71. The Morgan fingerprint density at radius 3 is 2.49 bits per heavy atom. The van der Waals surface area contributed by atoms with Crippen molar-refractivity contribution in [3.8, 4) is 11.5 Å². The molecule has 0 fully saturated rings. The van der Waals surface area contributed by atoms with Gasteiger partial charge in [-0.05, 0) is 41.0 Å². The lowest BCUT2D eigenvalue weighted by Gasteiger charge is -2.34. The largest absolute Gasteiger partial charge is 0.493 e. The van der Waals surface area contributed by atoms with Crippen molar-refractivity contribution in [3.05, 3.63) is 83.3 Å². The van der Waals surface area contributed by atoms with Crippen LogP contribution in [0.2, 0.25) is 0 Å². The molecular weight excluding hydrogens is 452 g/mol. The molecule has 0 radical (unpaired) electrons. The molecule has 0 spiro atoms. The average Bonchev–Trinajstić information content (AvgIpc) is 3.44. The maximum absolute atomic E-state index is 13.0. The first-order chi connectivity index (χ1) is 17.0. The Balaban J connectivity index is 1.38. The van der Waals surface area contributed by atoms with Crippen molar-refractivity contribution in [3.63, 3.8) is 0 Å². The van der Waals surface area contributed by atoms with Crippen molar-refractivity contribution in [2.75, 3.05) is 20.8 Å². The number of esters is 1. The number of amides is 2. The minimum Gasteiger partial charge on any atom is -0.493 e. The summed E-state index contributed by atoms with van der Waals surface area (Å²) in [4.78, 5) is 39.7. The van der Waals surface area contributed by atoms with Gasteiger partial charge in [0, 0.05) is 19.5 Å². The minimum atomic E-state index is -0.874. The molecule has 9 heteroatoms. The maximum Gasteiger partial charge on any atom is 0.329 e. The van der Waals surface area contributed by atoms with E-state index < -0.39 is 30.4 Å². The van der Waals surface area contributed by atoms with Crippen molar-refractivity contribution in [1.29, 1.82) is 0 Å². The van der Waals surface area contributed by atoms with Gasteiger partial charge in [0.25, 0.3) is 11.8 Å². The zero-order valence-corrected chi connectivity index (χ0v) is 19.5. The van der Waals surface area contributed by atoms with Crippen LogP contribution in [0.3, 0.4) is 0 Å². The van der Waals surface area contributed by atoms with Crippen LogP contribution >= 0.6 is 0 Å². The van der Waals surface area contributed by atoms with Crippen LogP contribution in [-0.2, 0) is 33.8 Å². The Labute approximate surface area is 202 Å². The fourth-order valence-corrected chi connectivity index (χ4v) is 3.96. The van der Waals surface area contributed by atoms with Gasteiger partial charge < -0.3 is 28.8 Å². The van der Waals surface area contributed by atoms with Crippen LogP contribution in [0, 0.1) is 0 Å². The van der Waals surface area contributed by atoms with E-state index in [0.717, 1.165) is 16.7 Å². The Hall–Kier alpha value is -4.27. The molecule has 0 saturated heterocycles. The lowest BCUT2D eigenvalue weighted by atomic mass is 9.93. The maximum atomic E-state index is 13.0. The van der Waals surface area contributed by atoms with Crippen LogP contribution in [0.15, 0.2) is 65.3 Å². The van der Waals surface area contributed by atoms with E-state index in [4.69, 9.17) is 18.6 Å². The molecule has 4 rings (SSSR count). The summed E-state index contributed by atoms with van der Waals surface area (Å²) in [7, 11) is 3.07. The van der Waals surface area contributed by atoms with E-state index in [1.54, 1.807) is 37.4 Å². The quantitative estimate of drug-likeness (QED) is 0.496. The standard InChI is InChI=1S/C26H26N2O7/c1-32-21-10-9-17(12-23(21)33-2)14-27-24(29)16-35-26(31)20-13-18-6-3-4-7-19(18)15-28(20)25(30)22-8-5-11-34-22/h3-12,20H,13-16H2,1-2H3,(H,27,29). The molecular formula is C26H26N2O7. The number of ether oxygens (including phenoxy) is 3. The molecule has 2 aromatic carbocycles. The van der Waals surface area contributed by atoms with E-state index in [-0.39, 0.29) is 25.3 Å². The van der Waals surface area contributed by atoms with E-state index in [1.165, 1.54) is 18.3 Å². The second-order valence-corrected chi connectivity index (χ2v) is 7.97. The molecule has 1 aliphatic rings. The predicted molar refractivity (Wildman–Crippen MR) is 125 cm³/mol. The van der Waals surface area contributed by atoms with Gasteiger partial charge in [0.1, 0.15) is 6.04 Å². The molecule has 1 aliphatic heterocycles. The highest BCUT2D eigenvalue weighted by Crippen LogP contribution is 2.28. The molecule has 3 aromatic rings. The smallest absolute Gasteiger partial charge is 0.329 e. The molecule has 0 bridgehead atoms. The molecule has 0 aliphatic carbocycles. The first-order valence-electron chi connectivity index (χ1n) is 11.1. The van der Waals surface area contributed by atoms with Crippen LogP contribution in [0.25, 0.3) is 0 Å². The zero-order chi connectivity index (χ0) is 24.8. The van der Waals surface area contributed by atoms with E-state index in [0.29, 0.717) is 11.5 Å². The van der Waals surface area contributed by atoms with Crippen molar-refractivity contribution in [2.24, 2.45) is 0 Å². The van der Waals surface area contributed by atoms with Crippen LogP contribution in [0.1, 0.15) is 27.2 Å². The number of benzene rings is 2. The zero-order valence-electron chi connectivity index (χ0n) is 19.5. The van der Waals surface area contributed by atoms with Gasteiger partial charge in [-0.2, -0.15) is 0 Å². The highest BCUT2D eigenvalue weighted by atomic mass is 16.5. The van der Waals surface area contributed by atoms with Crippen LogP contribution in [0.5, 0.6) is 11.5 Å². The number of rotatable bonds is 8. The fraction of sp³-hybridized carbons (Fsp3) is 0.269. The number of methoxy groups -OCH3 is 2. The summed E-state index contributed by atoms with van der Waals surface area (Å²) in [6.07, 6.45) is 1.69. The van der Waals surface area contributed by atoms with E-state index in [9.17, 15) is 14.4 Å². The highest BCUT2D eigenvalue weighted by molar-refractivity contribution is 5.95. The summed E-state index contributed by atoms with van der Waals surface area (Å²) < 4.78 is 21.0. The van der Waals surface area contributed by atoms with Crippen LogP contribution in [0.4, 0.5) is 0 Å². The van der Waals surface area contributed by atoms with Gasteiger partial charge in [0.2, 0.25) is 0 Å². The Morgan fingerprint density at radius 1 is 1.00 bits per heavy atom. The molecule has 1 N–H and O–H groups in total. The highest BCUT2D eigenvalue weighted by Gasteiger charge is 2.37. The lowest BCUT2D eigenvalue weighted by molar-refractivity contribution is -0.153. The number of nitrogens with zero attached hydrogens (tertiary/aromatic N) is 1. The predicted octanol–water partition coefficient (Wildman–Crippen LogP) is 2.72. The number of nitrogens with one attached hydrogen (secondary N) is 1. The number of carbonyl (C=O) groups is 3. The van der Waals surface area contributed by atoms with Crippen molar-refractivity contribution in [2.45, 2.75) is 25.6 Å². The first-order valence-corrected chi connectivity index (χ1v) is 11.1. The van der Waals surface area contributed by atoms with Crippen molar-refractivity contribution in [1.82, 2.24) is 10.2 Å². The normalized spacial score (nSPS) is 14.6. The molecule has 0 saturated carbocycles. The van der Waals surface area contributed by atoms with E-state index in [2.05, 4.69) is 5.32 Å². The van der Waals surface area contributed by atoms with Gasteiger partial charge in [-0.15, -0.1) is 0 Å². The van der Waals surface area contributed by atoms with Crippen molar-refractivity contribution < 1.29 is 33.0 Å². The summed E-state index contributed by atoms with van der Waals surface area (Å²) in [5.41, 5.74) is 2.70. The fourth-order valence-electron chi connectivity index (χ4n) is 3.96. The number of furan rings is 1. The monoisotopic (exact) mass is 478 g/mol. The van der Waals surface area contributed by atoms with Gasteiger partial charge in [-0.1, -0.05) is 30.3 Å². The molecule has 1 aromatic heterocycles. The second kappa shape index (κ2) is 10.8. The number of hydrogen-bond donors (Lipinski definition) is 1. The van der Waals surface area contributed by atoms with Gasteiger partial charge >= 0.3 is 5.97 Å². The number of carbonyl (C=O) groups excluding carboxylic acids is 3. The summed E-state index contributed by atoms with van der Waals surface area (Å²) >= 11 is 0. The second-order valence-electron chi connectivity index (χ2n) is 7.97. The Kier molecular flexibility index (Phi) is 7.35. The molecule has 182 valence electrons. The Bertz CT molecular complexity index is 1210. The summed E-state index contributed by atoms with van der Waals surface area (Å²) in [5.74, 6) is -0.267. The average molecular weight is 479 g/mol. The van der Waals surface area contributed by atoms with Gasteiger partial charge in [-0.25, -0.2) is 4.79 Å². The number of fused-ring (bicyclic) bond motifs is 1. The van der Waals surface area contributed by atoms with E-state index in [1.807, 2.05) is 24.3 Å². The molecule has 2 heterocycles. The third kappa shape index (κ3) is 5.46. The lowest BCUT2D eigenvalue weighted by Crippen LogP contribution is -2.49. The number of hydrogen-bond acceptors (Lipinski definition) is 7. The molecule has 9 nitrogen and oxygen atoms in total. The van der Waals surface area contributed by atoms with Crippen molar-refractivity contribution >= 4 is 17.8 Å². The van der Waals surface area contributed by atoms with Gasteiger partial charge in [0.05, 0.1) is 20.5 Å². The summed E-state index contributed by atoms with van der Waals surface area (Å²) in [6.45, 7) is -0.00925. The molecule has 2 amide bonds. The van der Waals surface area contributed by atoms with Gasteiger partial charge in [-0.3, -0.25) is 9.59 Å². The third-order valence-corrected chi connectivity index (χ3v) is 5.80. The Morgan fingerprint density at radius 2 is 1.77 bits per heavy atom. The van der Waals surface area contributed by atoms with Crippen LogP contribution in [-0.4, -0.2) is 49.6 Å².